The third-order valence-electron chi connectivity index (χ3n) is 4.68. The molecule has 3 rings (SSSR count). The van der Waals surface area contributed by atoms with Crippen LogP contribution in [0.3, 0.4) is 0 Å². The molecule has 0 aromatic heterocycles. The number of fused-ring (bicyclic) bond motifs is 2. The van der Waals surface area contributed by atoms with Crippen LogP contribution in [0.15, 0.2) is 23.0 Å². The molecule has 1 atom stereocenters. The summed E-state index contributed by atoms with van der Waals surface area (Å²) in [5.74, 6) is -1.83. The molecule has 1 heterocycles. The minimum Gasteiger partial charge on any atom is -0.504 e. The summed E-state index contributed by atoms with van der Waals surface area (Å²) < 4.78 is 10.9. The quantitative estimate of drug-likeness (QED) is 0.790. The number of carbonyl (C=O) groups is 2. The zero-order chi connectivity index (χ0) is 15.0. The van der Waals surface area contributed by atoms with Crippen molar-refractivity contribution in [1.82, 2.24) is 0 Å². The van der Waals surface area contributed by atoms with Crippen LogP contribution in [0.4, 0.5) is 0 Å². The molecule has 21 heavy (non-hydrogen) atoms. The molecule has 0 aromatic rings. The lowest BCUT2D eigenvalue weighted by Crippen LogP contribution is -2.45. The smallest absolute Gasteiger partial charge is 0.342 e. The van der Waals surface area contributed by atoms with Gasteiger partial charge in [-0.15, -0.1) is 0 Å². The normalized spacial score (nSPS) is 27.6. The third-order valence-corrected chi connectivity index (χ3v) is 4.68. The predicted molar refractivity (Wildman–Crippen MR) is 74.6 cm³/mol. The monoisotopic (exact) mass is 292 g/mol. The number of rotatable bonds is 2. The highest BCUT2D eigenvalue weighted by Gasteiger charge is 2.49. The van der Waals surface area contributed by atoms with Crippen molar-refractivity contribution >= 4 is 11.8 Å². The molecular weight excluding hydrogens is 272 g/mol. The van der Waals surface area contributed by atoms with Crippen LogP contribution < -0.4 is 0 Å². The van der Waals surface area contributed by atoms with Crippen molar-refractivity contribution < 1.29 is 24.2 Å². The number of aliphatic hydroxyl groups is 1. The highest BCUT2D eigenvalue weighted by atomic mass is 16.5. The number of hydrogen-bond donors (Lipinski definition) is 1. The van der Waals surface area contributed by atoms with E-state index in [4.69, 9.17) is 9.47 Å². The van der Waals surface area contributed by atoms with E-state index < -0.39 is 17.3 Å². The Balaban J connectivity index is 2.03. The van der Waals surface area contributed by atoms with Crippen LogP contribution in [0.5, 0.6) is 0 Å². The first-order valence-corrected chi connectivity index (χ1v) is 7.59. The van der Waals surface area contributed by atoms with E-state index in [0.717, 1.165) is 31.3 Å². The molecular formula is C16H20O5. The van der Waals surface area contributed by atoms with Crippen molar-refractivity contribution in [1.29, 1.82) is 0 Å². The molecule has 1 aliphatic heterocycles. The van der Waals surface area contributed by atoms with Gasteiger partial charge in [-0.2, -0.15) is 0 Å². The maximum Gasteiger partial charge on any atom is 0.342 e. The number of allylic oxidation sites excluding steroid dienone is 1. The second-order valence-electron chi connectivity index (χ2n) is 5.84. The molecule has 114 valence electrons. The van der Waals surface area contributed by atoms with Crippen molar-refractivity contribution in [3.05, 3.63) is 23.0 Å². The van der Waals surface area contributed by atoms with Gasteiger partial charge in [0.25, 0.3) is 0 Å². The molecule has 3 aliphatic rings. The number of ether oxygens (including phenoxy) is 2. The minimum atomic E-state index is -0.645. The Morgan fingerprint density at radius 1 is 1.48 bits per heavy atom. The molecule has 0 amide bonds. The Hall–Kier alpha value is -1.62. The standard InChI is InChI=1S/C16H20O5/c1-2-20-15(19)11-9-12-10(13(17)14(11)18)5-3-8-21-16(12)6-4-7-16/h9-10,18H,2-8H2,1H3. The zero-order valence-corrected chi connectivity index (χ0v) is 12.2. The van der Waals surface area contributed by atoms with Crippen LogP contribution in [-0.2, 0) is 19.1 Å². The maximum atomic E-state index is 12.4. The number of Topliss-reactive ketones (excluding diaryl/α,β-unsaturated/α-hetero) is 1. The number of esters is 1. The topological polar surface area (TPSA) is 72.8 Å². The van der Waals surface area contributed by atoms with Crippen LogP contribution in [0, 0.1) is 5.92 Å². The van der Waals surface area contributed by atoms with E-state index >= 15 is 0 Å². The summed E-state index contributed by atoms with van der Waals surface area (Å²) in [6, 6.07) is 0. The number of carbonyl (C=O) groups excluding carboxylic acids is 2. The Bertz CT molecular complexity index is 539. The van der Waals surface area contributed by atoms with Gasteiger partial charge in [0.05, 0.1) is 12.2 Å². The van der Waals surface area contributed by atoms with Crippen LogP contribution in [-0.4, -0.2) is 35.7 Å². The molecule has 5 heteroatoms. The van der Waals surface area contributed by atoms with Crippen molar-refractivity contribution in [3.63, 3.8) is 0 Å². The van der Waals surface area contributed by atoms with E-state index in [1.165, 1.54) is 0 Å². The highest BCUT2D eigenvalue weighted by Crippen LogP contribution is 2.49. The fourth-order valence-electron chi connectivity index (χ4n) is 3.43. The Kier molecular flexibility index (Phi) is 3.61. The molecule has 5 nitrogen and oxygen atoms in total. The second kappa shape index (κ2) is 5.30. The molecule has 1 saturated carbocycles. The van der Waals surface area contributed by atoms with Gasteiger partial charge in [-0.05, 0) is 50.7 Å². The fourth-order valence-corrected chi connectivity index (χ4v) is 3.43. The van der Waals surface area contributed by atoms with Gasteiger partial charge in [0.15, 0.2) is 5.76 Å². The number of hydrogen-bond acceptors (Lipinski definition) is 5. The Labute approximate surface area is 123 Å². The van der Waals surface area contributed by atoms with E-state index in [-0.39, 0.29) is 23.9 Å². The second-order valence-corrected chi connectivity index (χ2v) is 5.84. The lowest BCUT2D eigenvalue weighted by molar-refractivity contribution is -0.139. The Morgan fingerprint density at radius 2 is 2.24 bits per heavy atom. The van der Waals surface area contributed by atoms with Crippen LogP contribution in [0.25, 0.3) is 0 Å². The molecule has 1 spiro atoms. The van der Waals surface area contributed by atoms with E-state index in [0.29, 0.717) is 13.0 Å². The Morgan fingerprint density at radius 3 is 2.86 bits per heavy atom. The van der Waals surface area contributed by atoms with E-state index in [1.54, 1.807) is 13.0 Å². The first kappa shape index (κ1) is 14.3. The molecule has 1 saturated heterocycles. The van der Waals surface area contributed by atoms with E-state index in [1.807, 2.05) is 0 Å². The van der Waals surface area contributed by atoms with Gasteiger partial charge in [0.2, 0.25) is 5.78 Å². The van der Waals surface area contributed by atoms with Crippen LogP contribution in [0.2, 0.25) is 0 Å². The summed E-state index contributed by atoms with van der Waals surface area (Å²) in [7, 11) is 0. The van der Waals surface area contributed by atoms with Gasteiger partial charge < -0.3 is 14.6 Å². The molecule has 1 unspecified atom stereocenters. The summed E-state index contributed by atoms with van der Waals surface area (Å²) in [4.78, 5) is 24.4. The molecule has 2 aliphatic carbocycles. The van der Waals surface area contributed by atoms with Crippen LogP contribution in [0.1, 0.15) is 39.0 Å². The average molecular weight is 292 g/mol. The number of ketones is 1. The van der Waals surface area contributed by atoms with Gasteiger partial charge in [-0.25, -0.2) is 4.79 Å². The molecule has 1 N–H and O–H groups in total. The molecule has 0 radical (unpaired) electrons. The highest BCUT2D eigenvalue weighted by molar-refractivity contribution is 6.08. The first-order valence-electron chi connectivity index (χ1n) is 7.59. The predicted octanol–water partition coefficient (Wildman–Crippen LogP) is 2.22. The third kappa shape index (κ3) is 2.20. The van der Waals surface area contributed by atoms with Gasteiger partial charge in [-0.1, -0.05) is 0 Å². The van der Waals surface area contributed by atoms with Gasteiger partial charge in [-0.3, -0.25) is 4.79 Å². The summed E-state index contributed by atoms with van der Waals surface area (Å²) >= 11 is 0. The van der Waals surface area contributed by atoms with Gasteiger partial charge >= 0.3 is 5.97 Å². The maximum absolute atomic E-state index is 12.4. The number of aliphatic hydroxyl groups excluding tert-OH is 1. The minimum absolute atomic E-state index is 0.0233. The molecule has 2 fully saturated rings. The average Bonchev–Trinajstić information content (AvgIpc) is 2.62. The fraction of sp³-hybridized carbons (Fsp3) is 0.625. The van der Waals surface area contributed by atoms with Crippen molar-refractivity contribution in [2.75, 3.05) is 13.2 Å². The van der Waals surface area contributed by atoms with Gasteiger partial charge in [0, 0.05) is 12.5 Å². The van der Waals surface area contributed by atoms with Crippen molar-refractivity contribution in [2.45, 2.75) is 44.6 Å². The molecule has 0 bridgehead atoms. The summed E-state index contributed by atoms with van der Waals surface area (Å²) in [5, 5.41) is 10.1. The van der Waals surface area contributed by atoms with Crippen LogP contribution >= 0.6 is 0 Å². The van der Waals surface area contributed by atoms with Crippen molar-refractivity contribution in [3.8, 4) is 0 Å². The summed E-state index contributed by atoms with van der Waals surface area (Å²) in [6.07, 6.45) is 5.90. The summed E-state index contributed by atoms with van der Waals surface area (Å²) in [5.41, 5.74) is 0.428. The first-order chi connectivity index (χ1) is 10.1. The van der Waals surface area contributed by atoms with E-state index in [2.05, 4.69) is 0 Å². The lowest BCUT2D eigenvalue weighted by Gasteiger charge is -2.45. The van der Waals surface area contributed by atoms with Crippen molar-refractivity contribution in [2.24, 2.45) is 5.92 Å². The molecule has 0 aromatic carbocycles. The van der Waals surface area contributed by atoms with E-state index in [9.17, 15) is 14.7 Å². The zero-order valence-electron chi connectivity index (χ0n) is 12.2. The lowest BCUT2D eigenvalue weighted by atomic mass is 9.67. The summed E-state index contributed by atoms with van der Waals surface area (Å²) in [6.45, 7) is 2.52. The largest absolute Gasteiger partial charge is 0.504 e. The van der Waals surface area contributed by atoms with Gasteiger partial charge in [0.1, 0.15) is 5.57 Å². The SMILES string of the molecule is CCOC(=O)C1=C(O)C(=O)C2CCCOC3(CCC3)C2=C1.